The normalized spacial score (nSPS) is 24.2. The van der Waals surface area contributed by atoms with Crippen molar-refractivity contribution < 1.29 is 4.79 Å². The van der Waals surface area contributed by atoms with Crippen LogP contribution in [-0.4, -0.2) is 36.0 Å². The maximum Gasteiger partial charge on any atom is 0.240 e. The minimum Gasteiger partial charge on any atom is -0.339 e. The molecule has 1 atom stereocenters. The number of amides is 1. The van der Waals surface area contributed by atoms with Crippen LogP contribution in [0.4, 0.5) is 0 Å². The van der Waals surface area contributed by atoms with Gasteiger partial charge in [-0.2, -0.15) is 0 Å². The summed E-state index contributed by atoms with van der Waals surface area (Å²) in [5, 5.41) is 3.19. The van der Waals surface area contributed by atoms with Crippen LogP contribution in [0.1, 0.15) is 27.2 Å². The smallest absolute Gasteiger partial charge is 0.240 e. The van der Waals surface area contributed by atoms with Crippen molar-refractivity contribution >= 4 is 5.91 Å². The molecule has 1 aliphatic heterocycles. The van der Waals surface area contributed by atoms with Gasteiger partial charge in [0, 0.05) is 12.6 Å². The van der Waals surface area contributed by atoms with Crippen molar-refractivity contribution in [1.82, 2.24) is 10.2 Å². The van der Waals surface area contributed by atoms with Gasteiger partial charge in [0.1, 0.15) is 0 Å². The highest BCUT2D eigenvalue weighted by Gasteiger charge is 2.31. The third-order valence-corrected chi connectivity index (χ3v) is 2.31. The summed E-state index contributed by atoms with van der Waals surface area (Å²) in [6, 6.07) is 0.429. The molecule has 1 fully saturated rings. The fraction of sp³-hybridized carbons (Fsp3) is 0.889. The molecule has 0 aliphatic carbocycles. The quantitative estimate of drug-likeness (QED) is 0.673. The zero-order valence-electron chi connectivity index (χ0n) is 8.13. The van der Waals surface area contributed by atoms with Crippen molar-refractivity contribution in [2.24, 2.45) is 0 Å². The van der Waals surface area contributed by atoms with Gasteiger partial charge in [0.25, 0.3) is 0 Å². The lowest BCUT2D eigenvalue weighted by molar-refractivity contribution is -0.130. The summed E-state index contributed by atoms with van der Waals surface area (Å²) in [6.07, 6.45) is 0.963. The van der Waals surface area contributed by atoms with E-state index in [4.69, 9.17) is 0 Å². The van der Waals surface area contributed by atoms with E-state index in [-0.39, 0.29) is 11.9 Å². The molecule has 1 aliphatic rings. The Morgan fingerprint density at radius 3 is 2.75 bits per heavy atom. The molecule has 0 saturated carbocycles. The van der Waals surface area contributed by atoms with Gasteiger partial charge in [-0.1, -0.05) is 6.92 Å². The van der Waals surface area contributed by atoms with Gasteiger partial charge in [-0.25, -0.2) is 0 Å². The number of hydrogen-bond acceptors (Lipinski definition) is 2. The topological polar surface area (TPSA) is 32.3 Å². The first-order valence-electron chi connectivity index (χ1n) is 4.70. The van der Waals surface area contributed by atoms with E-state index >= 15 is 0 Å². The second kappa shape index (κ2) is 3.90. The summed E-state index contributed by atoms with van der Waals surface area (Å²) in [7, 11) is 0. The van der Waals surface area contributed by atoms with E-state index in [0.29, 0.717) is 6.04 Å². The molecule has 1 heterocycles. The zero-order chi connectivity index (χ0) is 9.14. The molecule has 1 amide bonds. The summed E-state index contributed by atoms with van der Waals surface area (Å²) in [5.74, 6) is 0.270. The minimum absolute atomic E-state index is 0.0809. The number of rotatable bonds is 3. The van der Waals surface area contributed by atoms with Gasteiger partial charge < -0.3 is 10.2 Å². The van der Waals surface area contributed by atoms with Gasteiger partial charge in [0.2, 0.25) is 5.91 Å². The number of nitrogens with zero attached hydrogens (tertiary/aromatic N) is 1. The average molecular weight is 170 g/mol. The molecule has 0 bridgehead atoms. The monoisotopic (exact) mass is 170 g/mol. The maximum absolute atomic E-state index is 11.6. The van der Waals surface area contributed by atoms with Crippen LogP contribution < -0.4 is 5.32 Å². The Morgan fingerprint density at radius 2 is 2.33 bits per heavy atom. The van der Waals surface area contributed by atoms with Crippen molar-refractivity contribution in [3.05, 3.63) is 0 Å². The zero-order valence-corrected chi connectivity index (χ0v) is 8.13. The first-order valence-corrected chi connectivity index (χ1v) is 4.70. The van der Waals surface area contributed by atoms with E-state index in [0.717, 1.165) is 19.5 Å². The van der Waals surface area contributed by atoms with Gasteiger partial charge in [-0.05, 0) is 26.8 Å². The molecule has 70 valence electrons. The first-order chi connectivity index (χ1) is 5.66. The first kappa shape index (κ1) is 9.52. The molecule has 1 unspecified atom stereocenters. The Balaban J connectivity index is 2.49. The number of likely N-dealkylation sites (N-methyl/N-ethyl adjacent to an activating group) is 1. The Kier molecular flexibility index (Phi) is 3.09. The van der Waals surface area contributed by atoms with Gasteiger partial charge in [0.15, 0.2) is 0 Å². The molecular formula is C9H18N2O. The molecule has 0 radical (unpaired) electrons. The SMILES string of the molecule is CCNC1CCN(C(C)C)C1=O. The van der Waals surface area contributed by atoms with Crippen molar-refractivity contribution in [3.8, 4) is 0 Å². The molecule has 1 rings (SSSR count). The molecule has 3 heteroatoms. The molecule has 0 aromatic heterocycles. The highest BCUT2D eigenvalue weighted by atomic mass is 16.2. The molecule has 12 heavy (non-hydrogen) atoms. The summed E-state index contributed by atoms with van der Waals surface area (Å²) >= 11 is 0. The highest BCUT2D eigenvalue weighted by Crippen LogP contribution is 2.13. The molecule has 0 spiro atoms. The van der Waals surface area contributed by atoms with Crippen molar-refractivity contribution in [2.45, 2.75) is 39.3 Å². The minimum atomic E-state index is 0.0809. The Bertz CT molecular complexity index is 168. The van der Waals surface area contributed by atoms with E-state index in [1.165, 1.54) is 0 Å². The fourth-order valence-corrected chi connectivity index (χ4v) is 1.65. The highest BCUT2D eigenvalue weighted by molar-refractivity contribution is 5.84. The molecule has 1 saturated heterocycles. The molecule has 3 nitrogen and oxygen atoms in total. The van der Waals surface area contributed by atoms with Crippen LogP contribution >= 0.6 is 0 Å². The Labute approximate surface area is 74.1 Å². The average Bonchev–Trinajstić information content (AvgIpc) is 2.34. The maximum atomic E-state index is 11.6. The van der Waals surface area contributed by atoms with E-state index in [2.05, 4.69) is 19.2 Å². The van der Waals surface area contributed by atoms with Crippen LogP contribution in [0, 0.1) is 0 Å². The van der Waals surface area contributed by atoms with Crippen molar-refractivity contribution in [3.63, 3.8) is 0 Å². The second-order valence-corrected chi connectivity index (χ2v) is 3.52. The standard InChI is InChI=1S/C9H18N2O/c1-4-10-8-5-6-11(7(2)3)9(8)12/h7-8,10H,4-6H2,1-3H3. The lowest BCUT2D eigenvalue weighted by atomic mass is 10.2. The third kappa shape index (κ3) is 1.78. The number of hydrogen-bond donors (Lipinski definition) is 1. The van der Waals surface area contributed by atoms with Gasteiger partial charge in [-0.3, -0.25) is 4.79 Å². The van der Waals surface area contributed by atoms with Crippen molar-refractivity contribution in [2.75, 3.05) is 13.1 Å². The molecule has 1 N–H and O–H groups in total. The van der Waals surface area contributed by atoms with Crippen LogP contribution in [0.3, 0.4) is 0 Å². The van der Waals surface area contributed by atoms with Gasteiger partial charge in [0.05, 0.1) is 6.04 Å². The van der Waals surface area contributed by atoms with E-state index in [9.17, 15) is 4.79 Å². The Morgan fingerprint density at radius 1 is 1.67 bits per heavy atom. The van der Waals surface area contributed by atoms with Crippen molar-refractivity contribution in [1.29, 1.82) is 0 Å². The van der Waals surface area contributed by atoms with Gasteiger partial charge in [-0.15, -0.1) is 0 Å². The molecular weight excluding hydrogens is 152 g/mol. The van der Waals surface area contributed by atoms with Crippen LogP contribution in [0.2, 0.25) is 0 Å². The second-order valence-electron chi connectivity index (χ2n) is 3.52. The van der Waals surface area contributed by atoms with Crippen LogP contribution in [0.5, 0.6) is 0 Å². The lowest BCUT2D eigenvalue weighted by Gasteiger charge is -2.20. The number of likely N-dealkylation sites (tertiary alicyclic amines) is 1. The summed E-state index contributed by atoms with van der Waals surface area (Å²) in [5.41, 5.74) is 0. The van der Waals surface area contributed by atoms with E-state index < -0.39 is 0 Å². The number of carbonyl (C=O) groups is 1. The predicted molar refractivity (Wildman–Crippen MR) is 48.9 cm³/mol. The van der Waals surface area contributed by atoms with E-state index in [1.807, 2.05) is 11.8 Å². The van der Waals surface area contributed by atoms with Crippen LogP contribution in [0.15, 0.2) is 0 Å². The largest absolute Gasteiger partial charge is 0.339 e. The summed E-state index contributed by atoms with van der Waals surface area (Å²) < 4.78 is 0. The fourth-order valence-electron chi connectivity index (χ4n) is 1.65. The van der Waals surface area contributed by atoms with Crippen LogP contribution in [0.25, 0.3) is 0 Å². The molecule has 0 aromatic carbocycles. The lowest BCUT2D eigenvalue weighted by Crippen LogP contribution is -2.40. The van der Waals surface area contributed by atoms with E-state index in [1.54, 1.807) is 0 Å². The molecule has 0 aromatic rings. The number of carbonyl (C=O) groups excluding carboxylic acids is 1. The van der Waals surface area contributed by atoms with Gasteiger partial charge >= 0.3 is 0 Å². The number of nitrogens with one attached hydrogen (secondary N) is 1. The Hall–Kier alpha value is -0.570. The predicted octanol–water partition coefficient (Wildman–Crippen LogP) is 0.605. The van der Waals surface area contributed by atoms with Crippen LogP contribution in [-0.2, 0) is 4.79 Å². The summed E-state index contributed by atoms with van der Waals surface area (Å²) in [6.45, 7) is 7.94. The summed E-state index contributed by atoms with van der Waals surface area (Å²) in [4.78, 5) is 13.5. The third-order valence-electron chi connectivity index (χ3n) is 2.31.